The first-order chi connectivity index (χ1) is 8.34. The van der Waals surface area contributed by atoms with E-state index in [1.165, 1.54) is 0 Å². The lowest BCUT2D eigenvalue weighted by molar-refractivity contribution is -0.126. The van der Waals surface area contributed by atoms with Gasteiger partial charge in [-0.2, -0.15) is 0 Å². The Kier molecular flexibility index (Phi) is 5.59. The van der Waals surface area contributed by atoms with E-state index in [1.807, 2.05) is 0 Å². The fraction of sp³-hybridized carbons (Fsp3) is 0.917. The highest BCUT2D eigenvalue weighted by molar-refractivity contribution is 7.91. The van der Waals surface area contributed by atoms with E-state index in [1.54, 1.807) is 13.8 Å². The third-order valence-corrected chi connectivity index (χ3v) is 5.31. The molecule has 6 heteroatoms. The van der Waals surface area contributed by atoms with Crippen molar-refractivity contribution in [2.24, 2.45) is 11.7 Å². The van der Waals surface area contributed by atoms with Gasteiger partial charge in [0.05, 0.1) is 5.75 Å². The van der Waals surface area contributed by atoms with E-state index in [0.29, 0.717) is 6.42 Å². The number of amides is 1. The van der Waals surface area contributed by atoms with Crippen LogP contribution in [0, 0.1) is 5.92 Å². The SMILES string of the molecule is CCS(=O)(=O)CC(C)NC(=O)C1CCCC(N)C1. The summed E-state index contributed by atoms with van der Waals surface area (Å²) in [5.74, 6) is 0.0136. The van der Waals surface area contributed by atoms with Gasteiger partial charge in [0.1, 0.15) is 0 Å². The quantitative estimate of drug-likeness (QED) is 0.762. The minimum atomic E-state index is -3.05. The number of hydrogen-bond acceptors (Lipinski definition) is 4. The summed E-state index contributed by atoms with van der Waals surface area (Å²) in [6, 6.07) is -0.232. The van der Waals surface area contributed by atoms with Crippen molar-refractivity contribution in [3.63, 3.8) is 0 Å². The zero-order valence-corrected chi connectivity index (χ0v) is 12.0. The molecule has 106 valence electrons. The summed E-state index contributed by atoms with van der Waals surface area (Å²) < 4.78 is 22.9. The van der Waals surface area contributed by atoms with E-state index in [9.17, 15) is 13.2 Å². The fourth-order valence-corrected chi connectivity index (χ4v) is 3.45. The molecule has 1 saturated carbocycles. The third-order valence-electron chi connectivity index (χ3n) is 3.42. The van der Waals surface area contributed by atoms with Crippen LogP contribution in [-0.4, -0.2) is 37.9 Å². The molecule has 0 saturated heterocycles. The Balaban J connectivity index is 2.44. The van der Waals surface area contributed by atoms with Crippen molar-refractivity contribution in [1.29, 1.82) is 0 Å². The first kappa shape index (κ1) is 15.4. The first-order valence-corrected chi connectivity index (χ1v) is 8.42. The van der Waals surface area contributed by atoms with Crippen LogP contribution in [-0.2, 0) is 14.6 Å². The van der Waals surface area contributed by atoms with Gasteiger partial charge in [-0.05, 0) is 26.2 Å². The minimum Gasteiger partial charge on any atom is -0.352 e. The molecule has 0 aromatic heterocycles. The molecule has 0 aromatic carbocycles. The Labute approximate surface area is 109 Å². The summed E-state index contributed by atoms with van der Waals surface area (Å²) in [4.78, 5) is 12.0. The van der Waals surface area contributed by atoms with Crippen molar-refractivity contribution in [2.75, 3.05) is 11.5 Å². The van der Waals surface area contributed by atoms with Crippen molar-refractivity contribution in [1.82, 2.24) is 5.32 Å². The average molecular weight is 276 g/mol. The van der Waals surface area contributed by atoms with Crippen LogP contribution in [0.2, 0.25) is 0 Å². The van der Waals surface area contributed by atoms with Gasteiger partial charge in [0.25, 0.3) is 0 Å². The highest BCUT2D eigenvalue weighted by atomic mass is 32.2. The van der Waals surface area contributed by atoms with Gasteiger partial charge in [-0.3, -0.25) is 4.79 Å². The second-order valence-electron chi connectivity index (χ2n) is 5.23. The summed E-state index contributed by atoms with van der Waals surface area (Å²) in [6.45, 7) is 3.35. The van der Waals surface area contributed by atoms with Crippen molar-refractivity contribution >= 4 is 15.7 Å². The molecule has 0 aliphatic heterocycles. The number of sulfone groups is 1. The van der Waals surface area contributed by atoms with E-state index in [4.69, 9.17) is 5.73 Å². The van der Waals surface area contributed by atoms with Crippen molar-refractivity contribution in [2.45, 2.75) is 51.6 Å². The predicted octanol–water partition coefficient (Wildman–Crippen LogP) is 0.443. The third kappa shape index (κ3) is 4.94. The van der Waals surface area contributed by atoms with Gasteiger partial charge in [-0.15, -0.1) is 0 Å². The zero-order valence-electron chi connectivity index (χ0n) is 11.2. The molecule has 18 heavy (non-hydrogen) atoms. The summed E-state index contributed by atoms with van der Waals surface area (Å²) in [7, 11) is -3.05. The molecule has 0 radical (unpaired) electrons. The van der Waals surface area contributed by atoms with Gasteiger partial charge in [0.15, 0.2) is 9.84 Å². The Bertz CT molecular complexity index is 381. The van der Waals surface area contributed by atoms with Crippen LogP contribution in [0.1, 0.15) is 39.5 Å². The molecule has 3 unspecified atom stereocenters. The lowest BCUT2D eigenvalue weighted by atomic mass is 9.85. The molecule has 3 N–H and O–H groups in total. The van der Waals surface area contributed by atoms with E-state index < -0.39 is 9.84 Å². The number of carbonyl (C=O) groups excluding carboxylic acids is 1. The lowest BCUT2D eigenvalue weighted by Gasteiger charge is -2.27. The highest BCUT2D eigenvalue weighted by Gasteiger charge is 2.26. The molecule has 1 aliphatic carbocycles. The van der Waals surface area contributed by atoms with Crippen molar-refractivity contribution < 1.29 is 13.2 Å². The molecular formula is C12H24N2O3S. The van der Waals surface area contributed by atoms with Crippen molar-refractivity contribution in [3.8, 4) is 0 Å². The monoisotopic (exact) mass is 276 g/mol. The molecular weight excluding hydrogens is 252 g/mol. The Morgan fingerprint density at radius 1 is 1.44 bits per heavy atom. The van der Waals surface area contributed by atoms with Crippen LogP contribution >= 0.6 is 0 Å². The Hall–Kier alpha value is -0.620. The van der Waals surface area contributed by atoms with E-state index in [-0.39, 0.29) is 35.4 Å². The molecule has 0 bridgehead atoms. The maximum Gasteiger partial charge on any atom is 0.223 e. The second-order valence-corrected chi connectivity index (χ2v) is 7.63. The average Bonchev–Trinajstić information content (AvgIpc) is 2.28. The number of rotatable bonds is 5. The van der Waals surface area contributed by atoms with Crippen LogP contribution in [0.5, 0.6) is 0 Å². The molecule has 5 nitrogen and oxygen atoms in total. The normalized spacial score (nSPS) is 26.6. The standard InChI is InChI=1S/C12H24N2O3S/c1-3-18(16,17)8-9(2)14-12(15)10-5-4-6-11(13)7-10/h9-11H,3-8,13H2,1-2H3,(H,14,15). The second kappa shape index (κ2) is 6.52. The Morgan fingerprint density at radius 3 is 2.67 bits per heavy atom. The number of nitrogens with one attached hydrogen (secondary N) is 1. The van der Waals surface area contributed by atoms with Crippen molar-refractivity contribution in [3.05, 3.63) is 0 Å². The minimum absolute atomic E-state index is 0.00795. The van der Waals surface area contributed by atoms with E-state index in [0.717, 1.165) is 19.3 Å². The predicted molar refractivity (Wildman–Crippen MR) is 71.9 cm³/mol. The van der Waals surface area contributed by atoms with Crippen LogP contribution in [0.25, 0.3) is 0 Å². The maximum atomic E-state index is 12.0. The molecule has 1 aliphatic rings. The number of carbonyl (C=O) groups is 1. The lowest BCUT2D eigenvalue weighted by Crippen LogP contribution is -2.43. The van der Waals surface area contributed by atoms with Crippen LogP contribution in [0.4, 0.5) is 0 Å². The van der Waals surface area contributed by atoms with Crippen LogP contribution in [0.15, 0.2) is 0 Å². The first-order valence-electron chi connectivity index (χ1n) is 6.60. The van der Waals surface area contributed by atoms with Crippen LogP contribution < -0.4 is 11.1 Å². The molecule has 1 amide bonds. The van der Waals surface area contributed by atoms with E-state index >= 15 is 0 Å². The van der Waals surface area contributed by atoms with Gasteiger partial charge in [0.2, 0.25) is 5.91 Å². The number of nitrogens with two attached hydrogens (primary N) is 1. The number of hydrogen-bond donors (Lipinski definition) is 2. The molecule has 0 heterocycles. The van der Waals surface area contributed by atoms with Gasteiger partial charge in [-0.25, -0.2) is 8.42 Å². The molecule has 0 spiro atoms. The van der Waals surface area contributed by atoms with E-state index in [2.05, 4.69) is 5.32 Å². The summed E-state index contributed by atoms with van der Waals surface area (Å²) in [5.41, 5.74) is 5.84. The zero-order chi connectivity index (χ0) is 13.8. The van der Waals surface area contributed by atoms with Gasteiger partial charge >= 0.3 is 0 Å². The van der Waals surface area contributed by atoms with Gasteiger partial charge in [0, 0.05) is 23.8 Å². The van der Waals surface area contributed by atoms with Gasteiger partial charge in [-0.1, -0.05) is 13.3 Å². The molecule has 1 fully saturated rings. The largest absolute Gasteiger partial charge is 0.352 e. The summed E-state index contributed by atoms with van der Waals surface area (Å²) in [5, 5.41) is 2.79. The summed E-state index contributed by atoms with van der Waals surface area (Å²) >= 11 is 0. The molecule has 3 atom stereocenters. The smallest absolute Gasteiger partial charge is 0.223 e. The topological polar surface area (TPSA) is 89.3 Å². The fourth-order valence-electron chi connectivity index (χ4n) is 2.37. The molecule has 0 aromatic rings. The summed E-state index contributed by atoms with van der Waals surface area (Å²) in [6.07, 6.45) is 3.51. The Morgan fingerprint density at radius 2 is 2.11 bits per heavy atom. The highest BCUT2D eigenvalue weighted by Crippen LogP contribution is 2.23. The molecule has 1 rings (SSSR count). The van der Waals surface area contributed by atoms with Crippen LogP contribution in [0.3, 0.4) is 0 Å². The van der Waals surface area contributed by atoms with Gasteiger partial charge < -0.3 is 11.1 Å². The maximum absolute atomic E-state index is 12.0.